The van der Waals surface area contributed by atoms with Crippen LogP contribution in [0.4, 0.5) is 0 Å². The minimum absolute atomic E-state index is 0.368. The molecule has 1 fully saturated rings. The predicted octanol–water partition coefficient (Wildman–Crippen LogP) is 2.25. The summed E-state index contributed by atoms with van der Waals surface area (Å²) in [6, 6.07) is 5.53. The molecule has 6 heteroatoms. The summed E-state index contributed by atoms with van der Waals surface area (Å²) in [5.74, 6) is -0.368. The van der Waals surface area contributed by atoms with Gasteiger partial charge in [0.05, 0.1) is 29.4 Å². The van der Waals surface area contributed by atoms with Crippen LogP contribution in [-0.4, -0.2) is 36.4 Å². The van der Waals surface area contributed by atoms with Crippen LogP contribution in [-0.2, 0) is 14.0 Å². The number of ether oxygens (including phenoxy) is 1. The van der Waals surface area contributed by atoms with Crippen molar-refractivity contribution in [2.45, 2.75) is 38.9 Å². The molecule has 0 saturated carbocycles. The van der Waals surface area contributed by atoms with Crippen LogP contribution in [0.15, 0.2) is 24.4 Å². The summed E-state index contributed by atoms with van der Waals surface area (Å²) in [6.45, 7) is 8.07. The summed E-state index contributed by atoms with van der Waals surface area (Å²) >= 11 is 0. The number of hydrogen-bond donors (Lipinski definition) is 1. The molecule has 2 heterocycles. The summed E-state index contributed by atoms with van der Waals surface area (Å²) in [6.07, 6.45) is 1.80. The van der Waals surface area contributed by atoms with E-state index < -0.39 is 18.3 Å². The third-order valence-corrected chi connectivity index (χ3v) is 4.67. The Morgan fingerprint density at radius 2 is 1.77 bits per heavy atom. The summed E-state index contributed by atoms with van der Waals surface area (Å²) in [4.78, 5) is 15.0. The van der Waals surface area contributed by atoms with Gasteiger partial charge in [0.1, 0.15) is 0 Å². The zero-order valence-corrected chi connectivity index (χ0v) is 13.5. The monoisotopic (exact) mass is 301 g/mol. The molecule has 3 rings (SSSR count). The fraction of sp³-hybridized carbons (Fsp3) is 0.438. The van der Waals surface area contributed by atoms with Crippen molar-refractivity contribution in [2.24, 2.45) is 0 Å². The van der Waals surface area contributed by atoms with Gasteiger partial charge in [-0.05, 0) is 45.3 Å². The van der Waals surface area contributed by atoms with Crippen molar-refractivity contribution < 1.29 is 18.8 Å². The lowest BCUT2D eigenvalue weighted by atomic mass is 9.76. The lowest BCUT2D eigenvalue weighted by Gasteiger charge is -2.32. The van der Waals surface area contributed by atoms with E-state index in [2.05, 4.69) is 4.98 Å². The topological polar surface area (TPSA) is 60.6 Å². The average molecular weight is 301 g/mol. The number of hydrogen-bond acceptors (Lipinski definition) is 4. The molecule has 1 aliphatic heterocycles. The fourth-order valence-corrected chi connectivity index (χ4v) is 2.63. The van der Waals surface area contributed by atoms with Gasteiger partial charge in [-0.3, -0.25) is 0 Å². The lowest BCUT2D eigenvalue weighted by Crippen LogP contribution is -2.41. The molecule has 2 aromatic rings. The van der Waals surface area contributed by atoms with Gasteiger partial charge in [-0.1, -0.05) is 6.07 Å². The van der Waals surface area contributed by atoms with Crippen LogP contribution >= 0.6 is 0 Å². The molecule has 1 N–H and O–H groups in total. The molecular formula is C16H20BNO4. The predicted molar refractivity (Wildman–Crippen MR) is 85.4 cm³/mol. The lowest BCUT2D eigenvalue weighted by molar-refractivity contribution is 0.00578. The molecule has 0 amide bonds. The molecule has 0 bridgehead atoms. The number of esters is 1. The number of aromatic amines is 1. The number of benzene rings is 1. The third kappa shape index (κ3) is 2.14. The molecule has 0 aliphatic carbocycles. The molecule has 0 unspecified atom stereocenters. The van der Waals surface area contributed by atoms with Crippen LogP contribution in [0, 0.1) is 0 Å². The smallest absolute Gasteiger partial charge is 0.465 e. The maximum absolute atomic E-state index is 11.9. The van der Waals surface area contributed by atoms with E-state index in [0.717, 1.165) is 16.4 Å². The second-order valence-corrected chi connectivity index (χ2v) is 6.55. The van der Waals surface area contributed by atoms with Gasteiger partial charge in [0.15, 0.2) is 0 Å². The van der Waals surface area contributed by atoms with E-state index in [-0.39, 0.29) is 5.97 Å². The highest BCUT2D eigenvalue weighted by atomic mass is 16.7. The van der Waals surface area contributed by atoms with Gasteiger partial charge in [0.2, 0.25) is 0 Å². The molecule has 22 heavy (non-hydrogen) atoms. The molecule has 5 nitrogen and oxygen atoms in total. The van der Waals surface area contributed by atoms with Gasteiger partial charge in [0, 0.05) is 11.6 Å². The number of H-pyrrole nitrogens is 1. The molecule has 1 aromatic carbocycles. The molecule has 0 radical (unpaired) electrons. The van der Waals surface area contributed by atoms with Crippen LogP contribution in [0.5, 0.6) is 0 Å². The van der Waals surface area contributed by atoms with E-state index in [0.29, 0.717) is 5.56 Å². The van der Waals surface area contributed by atoms with E-state index in [1.807, 2.05) is 39.8 Å². The van der Waals surface area contributed by atoms with E-state index in [9.17, 15) is 4.79 Å². The summed E-state index contributed by atoms with van der Waals surface area (Å²) in [7, 11) is 0.911. The van der Waals surface area contributed by atoms with Crippen molar-refractivity contribution in [2.75, 3.05) is 7.11 Å². The molecule has 1 saturated heterocycles. The van der Waals surface area contributed by atoms with E-state index in [4.69, 9.17) is 14.0 Å². The molecule has 1 aliphatic rings. The van der Waals surface area contributed by atoms with E-state index >= 15 is 0 Å². The Bertz CT molecular complexity index is 719. The second-order valence-electron chi connectivity index (χ2n) is 6.55. The Labute approximate surface area is 130 Å². The number of fused-ring (bicyclic) bond motifs is 1. The first-order chi connectivity index (χ1) is 10.3. The average Bonchev–Trinajstić information content (AvgIpc) is 3.00. The van der Waals surface area contributed by atoms with Crippen LogP contribution in [0.3, 0.4) is 0 Å². The number of carbonyl (C=O) groups is 1. The highest BCUT2D eigenvalue weighted by Crippen LogP contribution is 2.37. The van der Waals surface area contributed by atoms with Crippen molar-refractivity contribution in [3.8, 4) is 0 Å². The van der Waals surface area contributed by atoms with Gasteiger partial charge in [-0.15, -0.1) is 0 Å². The van der Waals surface area contributed by atoms with E-state index in [1.54, 1.807) is 12.3 Å². The van der Waals surface area contributed by atoms with Crippen molar-refractivity contribution in [1.29, 1.82) is 0 Å². The number of carbonyl (C=O) groups excluding carboxylic acids is 1. The first-order valence-electron chi connectivity index (χ1n) is 7.31. The SMILES string of the molecule is COC(=O)c1ccc(B2OC(C)(C)C(C)(C)O2)c2cc[nH]c12. The first-order valence-corrected chi connectivity index (χ1v) is 7.31. The number of rotatable bonds is 2. The van der Waals surface area contributed by atoms with Crippen LogP contribution in [0.1, 0.15) is 38.1 Å². The van der Waals surface area contributed by atoms with Crippen LogP contribution in [0.25, 0.3) is 10.9 Å². The normalized spacial score (nSPS) is 19.6. The zero-order chi connectivity index (χ0) is 16.1. The van der Waals surface area contributed by atoms with Gasteiger partial charge in [-0.2, -0.15) is 0 Å². The van der Waals surface area contributed by atoms with Gasteiger partial charge < -0.3 is 19.0 Å². The number of nitrogens with one attached hydrogen (secondary N) is 1. The van der Waals surface area contributed by atoms with Crippen molar-refractivity contribution >= 4 is 29.5 Å². The maximum atomic E-state index is 11.9. The highest BCUT2D eigenvalue weighted by molar-refractivity contribution is 6.65. The Kier molecular flexibility index (Phi) is 3.34. The maximum Gasteiger partial charge on any atom is 0.495 e. The van der Waals surface area contributed by atoms with Crippen LogP contribution < -0.4 is 5.46 Å². The van der Waals surface area contributed by atoms with Crippen molar-refractivity contribution in [1.82, 2.24) is 4.98 Å². The standard InChI is InChI=1S/C16H20BNO4/c1-15(2)16(3,4)22-17(21-15)12-7-6-11(14(19)20-5)13-10(12)8-9-18-13/h6-9,18H,1-5H3. The Balaban J connectivity index is 2.07. The largest absolute Gasteiger partial charge is 0.495 e. The van der Waals surface area contributed by atoms with Crippen LogP contribution in [0.2, 0.25) is 0 Å². The summed E-state index contributed by atoms with van der Waals surface area (Å²) < 4.78 is 17.0. The number of aromatic nitrogens is 1. The minimum Gasteiger partial charge on any atom is -0.465 e. The molecule has 0 spiro atoms. The minimum atomic E-state index is -0.463. The Hall–Kier alpha value is -1.79. The van der Waals surface area contributed by atoms with Gasteiger partial charge >= 0.3 is 13.1 Å². The second kappa shape index (κ2) is 4.86. The van der Waals surface area contributed by atoms with Crippen molar-refractivity contribution in [3.63, 3.8) is 0 Å². The van der Waals surface area contributed by atoms with Crippen molar-refractivity contribution in [3.05, 3.63) is 30.0 Å². The van der Waals surface area contributed by atoms with E-state index in [1.165, 1.54) is 7.11 Å². The molecule has 0 atom stereocenters. The highest BCUT2D eigenvalue weighted by Gasteiger charge is 2.52. The first kappa shape index (κ1) is 15.1. The fourth-order valence-electron chi connectivity index (χ4n) is 2.63. The molecule has 116 valence electrons. The zero-order valence-electron chi connectivity index (χ0n) is 13.5. The summed E-state index contributed by atoms with van der Waals surface area (Å²) in [5.41, 5.74) is 1.34. The molecule has 1 aromatic heterocycles. The third-order valence-electron chi connectivity index (χ3n) is 4.67. The Morgan fingerprint density at radius 3 is 2.36 bits per heavy atom. The number of methoxy groups -OCH3 is 1. The van der Waals surface area contributed by atoms with Gasteiger partial charge in [-0.25, -0.2) is 4.79 Å². The quantitative estimate of drug-likeness (QED) is 0.683. The van der Waals surface area contributed by atoms with Gasteiger partial charge in [0.25, 0.3) is 0 Å². The summed E-state index contributed by atoms with van der Waals surface area (Å²) in [5, 5.41) is 0.904. The molecular weight excluding hydrogens is 281 g/mol. The Morgan fingerprint density at radius 1 is 1.14 bits per heavy atom.